The van der Waals surface area contributed by atoms with Gasteiger partial charge in [-0.05, 0) is 49.7 Å². The van der Waals surface area contributed by atoms with Gasteiger partial charge in [-0.3, -0.25) is 5.43 Å². The van der Waals surface area contributed by atoms with Gasteiger partial charge in [-0.1, -0.05) is 43.0 Å². The van der Waals surface area contributed by atoms with Crippen LogP contribution in [0.15, 0.2) is 29.4 Å². The molecular weight excluding hydrogens is 340 g/mol. The molecule has 1 aromatic carbocycles. The Morgan fingerprint density at radius 1 is 1.29 bits per heavy atom. The first-order valence-corrected chi connectivity index (χ1v) is 9.07. The van der Waals surface area contributed by atoms with Crippen LogP contribution in [0, 0.1) is 6.92 Å². The van der Waals surface area contributed by atoms with Crippen LogP contribution < -0.4 is 10.7 Å². The second-order valence-corrected chi connectivity index (χ2v) is 7.01. The van der Waals surface area contributed by atoms with Crippen molar-refractivity contribution in [3.05, 3.63) is 40.5 Å². The van der Waals surface area contributed by atoms with E-state index >= 15 is 0 Å². The average molecular weight is 361 g/mol. The summed E-state index contributed by atoms with van der Waals surface area (Å²) >= 11 is 11.5. The molecule has 1 aliphatic carbocycles. The zero-order valence-corrected chi connectivity index (χ0v) is 15.3. The van der Waals surface area contributed by atoms with Crippen LogP contribution in [0.2, 0.25) is 5.15 Å². The Hall–Kier alpha value is -1.72. The van der Waals surface area contributed by atoms with Gasteiger partial charge in [-0.25, -0.2) is 4.98 Å². The zero-order chi connectivity index (χ0) is 16.9. The number of halogens is 1. The second-order valence-electron chi connectivity index (χ2n) is 6.24. The van der Waals surface area contributed by atoms with Crippen molar-refractivity contribution in [3.8, 4) is 0 Å². The van der Waals surface area contributed by atoms with Gasteiger partial charge in [0.05, 0.1) is 11.7 Å². The summed E-state index contributed by atoms with van der Waals surface area (Å²) in [6.45, 7) is 2.04. The Morgan fingerprint density at radius 3 is 2.88 bits per heavy atom. The Kier molecular flexibility index (Phi) is 5.63. The summed E-state index contributed by atoms with van der Waals surface area (Å²) in [5.74, 6) is 0. The molecule has 0 unspecified atom stereocenters. The lowest BCUT2D eigenvalue weighted by molar-refractivity contribution is 0.412. The molecule has 1 aromatic heterocycles. The van der Waals surface area contributed by atoms with Crippen LogP contribution in [0.3, 0.4) is 0 Å². The largest absolute Gasteiger partial charge is 0.359 e. The fourth-order valence-electron chi connectivity index (χ4n) is 2.99. The number of nitrogens with one attached hydrogen (secondary N) is 2. The minimum absolute atomic E-state index is 0.435. The van der Waals surface area contributed by atoms with Crippen molar-refractivity contribution in [1.82, 2.24) is 15.7 Å². The Balaban J connectivity index is 1.63. The number of fused-ring (bicyclic) bond motifs is 1. The molecule has 0 saturated heterocycles. The molecule has 0 bridgehead atoms. The summed E-state index contributed by atoms with van der Waals surface area (Å²) in [5, 5.41) is 9.53. The molecule has 0 spiro atoms. The number of benzene rings is 1. The predicted molar refractivity (Wildman–Crippen MR) is 105 cm³/mol. The Bertz CT molecular complexity index is 769. The SMILES string of the molecule is Cc1ccc2cc(/C=N/NC(=S)NC3CCCCC3)c(Cl)nc2c1. The molecule has 4 nitrogen and oxygen atoms in total. The van der Waals surface area contributed by atoms with Crippen molar-refractivity contribution < 1.29 is 0 Å². The fourth-order valence-corrected chi connectivity index (χ4v) is 3.40. The highest BCUT2D eigenvalue weighted by molar-refractivity contribution is 7.80. The van der Waals surface area contributed by atoms with Gasteiger partial charge in [-0.2, -0.15) is 5.10 Å². The van der Waals surface area contributed by atoms with Crippen LogP contribution in [0.1, 0.15) is 43.2 Å². The molecule has 2 N–H and O–H groups in total. The molecule has 1 fully saturated rings. The normalized spacial score (nSPS) is 15.8. The highest BCUT2D eigenvalue weighted by Crippen LogP contribution is 2.20. The highest BCUT2D eigenvalue weighted by Gasteiger charge is 2.13. The maximum Gasteiger partial charge on any atom is 0.187 e. The molecule has 126 valence electrons. The minimum atomic E-state index is 0.435. The van der Waals surface area contributed by atoms with Crippen LogP contribution in [0.4, 0.5) is 0 Å². The Labute approximate surface area is 152 Å². The van der Waals surface area contributed by atoms with Crippen LogP contribution in [0.5, 0.6) is 0 Å². The number of hydrogen-bond acceptors (Lipinski definition) is 3. The van der Waals surface area contributed by atoms with E-state index in [2.05, 4.69) is 26.9 Å². The van der Waals surface area contributed by atoms with E-state index in [9.17, 15) is 0 Å². The number of pyridine rings is 1. The lowest BCUT2D eigenvalue weighted by atomic mass is 9.96. The van der Waals surface area contributed by atoms with Gasteiger partial charge in [0.1, 0.15) is 5.15 Å². The molecule has 0 aliphatic heterocycles. The average Bonchev–Trinajstić information content (AvgIpc) is 2.56. The van der Waals surface area contributed by atoms with Gasteiger partial charge in [0, 0.05) is 17.0 Å². The van der Waals surface area contributed by atoms with Gasteiger partial charge in [0.15, 0.2) is 5.11 Å². The molecular formula is C18H21ClN4S. The standard InChI is InChI=1S/C18H21ClN4S/c1-12-7-8-13-10-14(17(19)22-16(13)9-12)11-20-23-18(24)21-15-5-3-2-4-6-15/h7-11,15H,2-6H2,1H3,(H2,21,23,24)/b20-11+. The molecule has 0 atom stereocenters. The molecule has 2 aromatic rings. The van der Waals surface area contributed by atoms with Crippen molar-refractivity contribution in [1.29, 1.82) is 0 Å². The monoisotopic (exact) mass is 360 g/mol. The topological polar surface area (TPSA) is 49.3 Å². The molecule has 6 heteroatoms. The van der Waals surface area contributed by atoms with E-state index in [0.29, 0.717) is 16.3 Å². The van der Waals surface area contributed by atoms with Gasteiger partial charge in [0.25, 0.3) is 0 Å². The molecule has 0 radical (unpaired) electrons. The van der Waals surface area contributed by atoms with Crippen LogP contribution in [-0.4, -0.2) is 22.4 Å². The third-order valence-corrected chi connectivity index (χ3v) is 4.78. The van der Waals surface area contributed by atoms with Crippen LogP contribution in [-0.2, 0) is 0 Å². The molecule has 3 rings (SSSR count). The maximum absolute atomic E-state index is 6.25. The van der Waals surface area contributed by atoms with E-state index in [-0.39, 0.29) is 0 Å². The van der Waals surface area contributed by atoms with E-state index in [4.69, 9.17) is 23.8 Å². The molecule has 1 heterocycles. The summed E-state index contributed by atoms with van der Waals surface area (Å²) in [4.78, 5) is 4.43. The summed E-state index contributed by atoms with van der Waals surface area (Å²) in [6, 6.07) is 8.55. The van der Waals surface area contributed by atoms with E-state index in [0.717, 1.165) is 22.0 Å². The first kappa shape index (κ1) is 17.1. The number of thiocarbonyl (C=S) groups is 1. The molecule has 1 saturated carbocycles. The van der Waals surface area contributed by atoms with Gasteiger partial charge in [0.2, 0.25) is 0 Å². The maximum atomic E-state index is 6.25. The van der Waals surface area contributed by atoms with E-state index in [1.807, 2.05) is 25.1 Å². The zero-order valence-electron chi connectivity index (χ0n) is 13.7. The van der Waals surface area contributed by atoms with Crippen LogP contribution >= 0.6 is 23.8 Å². The highest BCUT2D eigenvalue weighted by atomic mass is 35.5. The third-order valence-electron chi connectivity index (χ3n) is 4.26. The van der Waals surface area contributed by atoms with Crippen molar-refractivity contribution in [2.45, 2.75) is 45.1 Å². The first-order chi connectivity index (χ1) is 11.6. The fraction of sp³-hybridized carbons (Fsp3) is 0.389. The molecule has 0 amide bonds. The van der Waals surface area contributed by atoms with Crippen molar-refractivity contribution in [3.63, 3.8) is 0 Å². The predicted octanol–water partition coefficient (Wildman–Crippen LogP) is 4.33. The molecule has 1 aliphatic rings. The summed E-state index contributed by atoms with van der Waals surface area (Å²) in [7, 11) is 0. The summed E-state index contributed by atoms with van der Waals surface area (Å²) < 4.78 is 0. The van der Waals surface area contributed by atoms with Crippen LogP contribution in [0.25, 0.3) is 10.9 Å². The first-order valence-electron chi connectivity index (χ1n) is 8.28. The quantitative estimate of drug-likeness (QED) is 0.370. The third kappa shape index (κ3) is 4.42. The molecule has 24 heavy (non-hydrogen) atoms. The number of nitrogens with zero attached hydrogens (tertiary/aromatic N) is 2. The van der Waals surface area contributed by atoms with Crippen molar-refractivity contribution >= 4 is 46.0 Å². The summed E-state index contributed by atoms with van der Waals surface area (Å²) in [5.41, 5.74) is 5.68. The summed E-state index contributed by atoms with van der Waals surface area (Å²) in [6.07, 6.45) is 7.85. The van der Waals surface area contributed by atoms with E-state index in [1.54, 1.807) is 6.21 Å². The lowest BCUT2D eigenvalue weighted by Gasteiger charge is -2.23. The lowest BCUT2D eigenvalue weighted by Crippen LogP contribution is -2.40. The number of aromatic nitrogens is 1. The van der Waals surface area contributed by atoms with Gasteiger partial charge < -0.3 is 5.32 Å². The second kappa shape index (κ2) is 7.90. The van der Waals surface area contributed by atoms with Crippen molar-refractivity contribution in [2.24, 2.45) is 5.10 Å². The van der Waals surface area contributed by atoms with Crippen molar-refractivity contribution in [2.75, 3.05) is 0 Å². The van der Waals surface area contributed by atoms with E-state index < -0.39 is 0 Å². The Morgan fingerprint density at radius 2 is 2.08 bits per heavy atom. The minimum Gasteiger partial charge on any atom is -0.359 e. The van der Waals surface area contributed by atoms with E-state index in [1.165, 1.54) is 32.1 Å². The number of aryl methyl sites for hydroxylation is 1. The van der Waals surface area contributed by atoms with Gasteiger partial charge >= 0.3 is 0 Å². The number of hydrazone groups is 1. The smallest absolute Gasteiger partial charge is 0.187 e. The number of hydrogen-bond donors (Lipinski definition) is 2. The van der Waals surface area contributed by atoms with Gasteiger partial charge in [-0.15, -0.1) is 0 Å². The number of rotatable bonds is 3.